The van der Waals surface area contributed by atoms with Crippen molar-refractivity contribution in [2.75, 3.05) is 32.8 Å². The third-order valence-electron chi connectivity index (χ3n) is 8.04. The summed E-state index contributed by atoms with van der Waals surface area (Å²) in [5.74, 6) is 3.77. The lowest BCUT2D eigenvalue weighted by atomic mass is 9.98. The minimum atomic E-state index is -4.21. The number of esters is 1. The van der Waals surface area contributed by atoms with Gasteiger partial charge in [0.05, 0.1) is 17.9 Å². The van der Waals surface area contributed by atoms with Crippen molar-refractivity contribution in [1.82, 2.24) is 19.8 Å². The Hall–Kier alpha value is -3.71. The third-order valence-corrected chi connectivity index (χ3v) is 9.51. The van der Waals surface area contributed by atoms with Gasteiger partial charge in [-0.2, -0.15) is 9.82 Å². The second-order valence-corrected chi connectivity index (χ2v) is 12.9. The number of nitrogens with two attached hydrogens (primary N) is 1. The summed E-state index contributed by atoms with van der Waals surface area (Å²) in [7, 11) is -4.21. The highest BCUT2D eigenvalue weighted by Crippen LogP contribution is 2.25. The second-order valence-electron chi connectivity index (χ2n) is 11.2. The predicted octanol–water partition coefficient (Wildman–Crippen LogP) is 1.94. The summed E-state index contributed by atoms with van der Waals surface area (Å²) in [4.78, 5) is 43.1. The summed E-state index contributed by atoms with van der Waals surface area (Å²) >= 11 is 0. The Morgan fingerprint density at radius 2 is 1.86 bits per heavy atom. The van der Waals surface area contributed by atoms with Crippen molar-refractivity contribution in [1.29, 1.82) is 0 Å². The van der Waals surface area contributed by atoms with Crippen LogP contribution in [-0.2, 0) is 29.1 Å². The molecule has 0 spiro atoms. The molecule has 1 heterocycles. The fourth-order valence-electron chi connectivity index (χ4n) is 5.90. The number of carbonyl (C=O) groups is 3. The van der Waals surface area contributed by atoms with Crippen molar-refractivity contribution in [2.45, 2.75) is 68.8 Å². The third kappa shape index (κ3) is 8.90. The first-order valence-electron chi connectivity index (χ1n) is 14.9. The number of hydrazone groups is 1. The van der Waals surface area contributed by atoms with E-state index in [-0.39, 0.29) is 30.0 Å². The summed E-state index contributed by atoms with van der Waals surface area (Å²) in [6, 6.07) is 10.4. The minimum absolute atomic E-state index is 0.0221. The quantitative estimate of drug-likeness (QED) is 0.101. The van der Waals surface area contributed by atoms with E-state index in [0.717, 1.165) is 43.0 Å². The molecule has 4 N–H and O–H groups in total. The fourth-order valence-corrected chi connectivity index (χ4v) is 7.12. The molecule has 12 nitrogen and oxygen atoms in total. The van der Waals surface area contributed by atoms with E-state index < -0.39 is 40.3 Å². The van der Waals surface area contributed by atoms with Crippen molar-refractivity contribution >= 4 is 44.9 Å². The zero-order valence-corrected chi connectivity index (χ0v) is 25.4. The van der Waals surface area contributed by atoms with E-state index in [9.17, 15) is 22.8 Å². The van der Waals surface area contributed by atoms with E-state index >= 15 is 0 Å². The van der Waals surface area contributed by atoms with Crippen LogP contribution in [-0.4, -0.2) is 87.2 Å². The van der Waals surface area contributed by atoms with Crippen LogP contribution in [0, 0.1) is 5.92 Å². The average molecular weight is 615 g/mol. The molecule has 2 aliphatic rings. The number of fused-ring (bicyclic) bond motifs is 1. The number of likely N-dealkylation sites (tertiary alicyclic amines) is 1. The summed E-state index contributed by atoms with van der Waals surface area (Å²) in [5.41, 5.74) is 0. The molecule has 234 valence electrons. The van der Waals surface area contributed by atoms with Crippen LogP contribution >= 0.6 is 0 Å². The van der Waals surface area contributed by atoms with Gasteiger partial charge in [-0.3, -0.25) is 14.4 Å². The number of sulfonamides is 1. The lowest BCUT2D eigenvalue weighted by Gasteiger charge is -2.32. The Morgan fingerprint density at radius 1 is 1.12 bits per heavy atom. The van der Waals surface area contributed by atoms with E-state index in [2.05, 4.69) is 15.1 Å². The van der Waals surface area contributed by atoms with Crippen molar-refractivity contribution in [3.8, 4) is 0 Å². The minimum Gasteiger partial charge on any atom is -0.465 e. The van der Waals surface area contributed by atoms with Crippen LogP contribution in [0.5, 0.6) is 0 Å². The molecule has 2 fully saturated rings. The summed E-state index contributed by atoms with van der Waals surface area (Å²) in [6.45, 7) is 3.39. The van der Waals surface area contributed by atoms with Crippen molar-refractivity contribution < 1.29 is 27.5 Å². The Labute approximate surface area is 253 Å². The second kappa shape index (κ2) is 15.1. The number of rotatable bonds is 13. The molecule has 2 aromatic rings. The molecule has 0 unspecified atom stereocenters. The van der Waals surface area contributed by atoms with Crippen molar-refractivity contribution in [2.24, 2.45) is 16.9 Å². The Kier molecular flexibility index (Phi) is 11.3. The van der Waals surface area contributed by atoms with Crippen LogP contribution < -0.4 is 15.9 Å². The molecule has 0 bridgehead atoms. The van der Waals surface area contributed by atoms with Gasteiger partial charge in [0.15, 0.2) is 0 Å². The molecule has 13 heteroatoms. The molecule has 4 rings (SSSR count). The molecule has 0 radical (unpaired) electrons. The molecule has 1 saturated heterocycles. The highest BCUT2D eigenvalue weighted by molar-refractivity contribution is 7.89. The first-order chi connectivity index (χ1) is 20.7. The number of benzene rings is 2. The van der Waals surface area contributed by atoms with Gasteiger partial charge < -0.3 is 25.7 Å². The van der Waals surface area contributed by atoms with Gasteiger partial charge in [-0.15, -0.1) is 0 Å². The van der Waals surface area contributed by atoms with Gasteiger partial charge >= 0.3 is 5.97 Å². The number of nitrogens with zero attached hydrogens (tertiary/aromatic N) is 3. The normalized spacial score (nSPS) is 18.5. The van der Waals surface area contributed by atoms with E-state index in [1.54, 1.807) is 25.4 Å². The molecule has 2 amide bonds. The van der Waals surface area contributed by atoms with Crippen LogP contribution in [0.4, 0.5) is 0 Å². The molecular weight excluding hydrogens is 572 g/mol. The van der Waals surface area contributed by atoms with Crippen LogP contribution in [0.2, 0.25) is 0 Å². The van der Waals surface area contributed by atoms with Crippen LogP contribution in [0.3, 0.4) is 0 Å². The highest BCUT2D eigenvalue weighted by Gasteiger charge is 2.36. The molecule has 2 aromatic carbocycles. The molecule has 1 aliphatic carbocycles. The maximum absolute atomic E-state index is 14.0. The zero-order chi connectivity index (χ0) is 30.8. The van der Waals surface area contributed by atoms with Crippen LogP contribution in [0.1, 0.15) is 51.9 Å². The number of nitrogens with one attached hydrogen (secondary N) is 2. The first-order valence-corrected chi connectivity index (χ1v) is 16.4. The maximum Gasteiger partial charge on any atom is 0.325 e. The SMILES string of the molecule is CCOC(=O)CN(C(=O)[C@H](CC(=O)NC[C@@H]1CCCN(C=NN)C1)NS(=O)(=O)c1ccc2ccccc2c1)C1CCCC1. The van der Waals surface area contributed by atoms with Gasteiger partial charge in [0.1, 0.15) is 18.9 Å². The molecule has 1 saturated carbocycles. The molecule has 2 atom stereocenters. The Morgan fingerprint density at radius 3 is 2.58 bits per heavy atom. The van der Waals surface area contributed by atoms with E-state index in [1.165, 1.54) is 17.0 Å². The molecular formula is C30H42N6O6S. The number of carbonyl (C=O) groups excluding carboxylic acids is 3. The monoisotopic (exact) mass is 614 g/mol. The fraction of sp³-hybridized carbons (Fsp3) is 0.533. The van der Waals surface area contributed by atoms with Crippen LogP contribution in [0.25, 0.3) is 10.8 Å². The molecule has 0 aromatic heterocycles. The number of ether oxygens (including phenoxy) is 1. The van der Waals surface area contributed by atoms with E-state index in [1.807, 2.05) is 23.1 Å². The van der Waals surface area contributed by atoms with Gasteiger partial charge in [0.25, 0.3) is 0 Å². The largest absolute Gasteiger partial charge is 0.465 e. The van der Waals surface area contributed by atoms with E-state index in [0.29, 0.717) is 25.9 Å². The summed E-state index contributed by atoms with van der Waals surface area (Å²) in [5, 5.41) is 8.05. The van der Waals surface area contributed by atoms with Gasteiger partial charge in [0.2, 0.25) is 21.8 Å². The van der Waals surface area contributed by atoms with E-state index in [4.69, 9.17) is 10.6 Å². The van der Waals surface area contributed by atoms with Gasteiger partial charge in [-0.1, -0.05) is 43.2 Å². The Bertz CT molecular complexity index is 1410. The number of hydrogen-bond acceptors (Lipinski definition) is 8. The maximum atomic E-state index is 14.0. The first kappa shape index (κ1) is 32.2. The number of hydrogen-bond donors (Lipinski definition) is 3. The lowest BCUT2D eigenvalue weighted by Crippen LogP contribution is -2.54. The van der Waals surface area contributed by atoms with Crippen molar-refractivity contribution in [3.05, 3.63) is 42.5 Å². The standard InChI is InChI=1S/C30H42N6O6S/c1-2-42-29(38)20-36(25-11-5-6-12-25)30(39)27(17-28(37)32-18-22-8-7-15-35(19-22)21-33-31)34-43(40,41)26-14-13-23-9-3-4-10-24(23)16-26/h3-4,9-10,13-14,16,21-22,25,27,34H,2,5-8,11-12,15,17-20,31H2,1H3,(H,32,37)/t22-,27-/m0/s1. The Balaban J connectivity index is 1.55. The predicted molar refractivity (Wildman–Crippen MR) is 163 cm³/mol. The number of amides is 2. The average Bonchev–Trinajstić information content (AvgIpc) is 3.53. The van der Waals surface area contributed by atoms with Gasteiger partial charge in [-0.25, -0.2) is 8.42 Å². The summed E-state index contributed by atoms with van der Waals surface area (Å²) < 4.78 is 34.8. The smallest absolute Gasteiger partial charge is 0.325 e. The highest BCUT2D eigenvalue weighted by atomic mass is 32.2. The van der Waals surface area contributed by atoms with Crippen LogP contribution in [0.15, 0.2) is 52.5 Å². The molecule has 1 aliphatic heterocycles. The molecule has 43 heavy (non-hydrogen) atoms. The topological polar surface area (TPSA) is 163 Å². The summed E-state index contributed by atoms with van der Waals surface area (Å²) in [6.07, 6.45) is 6.13. The van der Waals surface area contributed by atoms with Crippen molar-refractivity contribution in [3.63, 3.8) is 0 Å². The zero-order valence-electron chi connectivity index (χ0n) is 24.6. The number of piperidine rings is 1. The van der Waals surface area contributed by atoms with Gasteiger partial charge in [-0.05, 0) is 61.4 Å². The lowest BCUT2D eigenvalue weighted by molar-refractivity contribution is -0.151. The van der Waals surface area contributed by atoms with Gasteiger partial charge in [0, 0.05) is 25.7 Å².